The van der Waals surface area contributed by atoms with Crippen LogP contribution in [0, 0.1) is 0 Å². The number of fused-ring (bicyclic) bond motifs is 3. The summed E-state index contributed by atoms with van der Waals surface area (Å²) in [4.78, 5) is 5.24. The molecule has 0 fully saturated rings. The predicted molar refractivity (Wildman–Crippen MR) is 236 cm³/mol. The number of hydrogen-bond donors (Lipinski definition) is 0. The molecule has 0 aliphatic rings. The van der Waals surface area contributed by atoms with Crippen LogP contribution >= 0.6 is 0 Å². The molecule has 0 N–H and O–H groups in total. The summed E-state index contributed by atoms with van der Waals surface area (Å²) in [6, 6.07) is 73.7. The van der Waals surface area contributed by atoms with E-state index in [9.17, 15) is 0 Å². The Kier molecular flexibility index (Phi) is 8.42. The molecule has 0 saturated heterocycles. The molecule has 10 rings (SSSR count). The van der Waals surface area contributed by atoms with Gasteiger partial charge in [-0.3, -0.25) is 0 Å². The average molecular weight is 716 g/mol. The Morgan fingerprint density at radius 2 is 0.804 bits per heavy atom. The van der Waals surface area contributed by atoms with Crippen molar-refractivity contribution in [1.82, 2.24) is 4.98 Å². The third kappa shape index (κ3) is 5.80. The minimum atomic E-state index is 0.831. The van der Waals surface area contributed by atoms with Gasteiger partial charge in [0.05, 0.1) is 18.5 Å². The van der Waals surface area contributed by atoms with Gasteiger partial charge in [-0.1, -0.05) is 188 Å². The van der Waals surface area contributed by atoms with Gasteiger partial charge < -0.3 is 4.74 Å². The molecule has 0 amide bonds. The standard InChI is InChI=1S/C54H37NO/c1-56-41-29-30-49-50(35-41)52(39-27-25-37(26-28-39)43-33-34-51(38-17-7-3-8-18-38)55-54(43)40-19-9-4-10-20-40)46-23-13-14-24-47(46)53(49)48-32-31-42(36-15-5-2-6-16-36)44-21-11-12-22-45(44)48/h2-35H,1H3. The summed E-state index contributed by atoms with van der Waals surface area (Å²) in [6.07, 6.45) is 0. The van der Waals surface area contributed by atoms with E-state index in [-0.39, 0.29) is 0 Å². The maximum Gasteiger partial charge on any atom is 0.119 e. The fraction of sp³-hybridized carbons (Fsp3) is 0.0185. The third-order valence-electron chi connectivity index (χ3n) is 11.0. The van der Waals surface area contributed by atoms with E-state index in [1.165, 1.54) is 54.7 Å². The summed E-state index contributed by atoms with van der Waals surface area (Å²) in [7, 11) is 1.74. The molecule has 0 spiro atoms. The van der Waals surface area contributed by atoms with E-state index in [2.05, 4.69) is 200 Å². The van der Waals surface area contributed by atoms with Crippen molar-refractivity contribution in [2.45, 2.75) is 0 Å². The Bertz CT molecular complexity index is 3030. The highest BCUT2D eigenvalue weighted by Gasteiger charge is 2.20. The third-order valence-corrected chi connectivity index (χ3v) is 11.0. The van der Waals surface area contributed by atoms with Gasteiger partial charge in [-0.05, 0) is 89.5 Å². The molecule has 10 aromatic rings. The summed E-state index contributed by atoms with van der Waals surface area (Å²) >= 11 is 0. The summed E-state index contributed by atoms with van der Waals surface area (Å²) < 4.78 is 5.87. The lowest BCUT2D eigenvalue weighted by Gasteiger charge is -2.20. The topological polar surface area (TPSA) is 22.1 Å². The Hall–Kier alpha value is -7.29. The Balaban J connectivity index is 1.17. The van der Waals surface area contributed by atoms with Crippen molar-refractivity contribution in [2.75, 3.05) is 7.11 Å². The molecule has 9 aromatic carbocycles. The second-order valence-electron chi connectivity index (χ2n) is 14.2. The molecule has 1 aromatic heterocycles. The van der Waals surface area contributed by atoms with E-state index in [0.717, 1.165) is 50.3 Å². The molecule has 1 heterocycles. The number of ether oxygens (including phenoxy) is 1. The fourth-order valence-electron chi connectivity index (χ4n) is 8.37. The van der Waals surface area contributed by atoms with Crippen molar-refractivity contribution < 1.29 is 4.74 Å². The van der Waals surface area contributed by atoms with Crippen molar-refractivity contribution >= 4 is 32.3 Å². The smallest absolute Gasteiger partial charge is 0.119 e. The fourth-order valence-corrected chi connectivity index (χ4v) is 8.37. The summed E-state index contributed by atoms with van der Waals surface area (Å²) in [6.45, 7) is 0. The minimum Gasteiger partial charge on any atom is -0.497 e. The van der Waals surface area contributed by atoms with Crippen molar-refractivity contribution in [2.24, 2.45) is 0 Å². The lowest BCUT2D eigenvalue weighted by molar-refractivity contribution is 0.415. The number of methoxy groups -OCH3 is 1. The monoisotopic (exact) mass is 715 g/mol. The van der Waals surface area contributed by atoms with Gasteiger partial charge in [-0.15, -0.1) is 0 Å². The number of aromatic nitrogens is 1. The van der Waals surface area contributed by atoms with Crippen LogP contribution in [-0.4, -0.2) is 12.1 Å². The zero-order valence-corrected chi connectivity index (χ0v) is 31.0. The zero-order chi connectivity index (χ0) is 37.4. The molecule has 0 unspecified atom stereocenters. The first-order valence-corrected chi connectivity index (χ1v) is 19.1. The first kappa shape index (κ1) is 33.3. The molecular weight excluding hydrogens is 679 g/mol. The van der Waals surface area contributed by atoms with E-state index in [1.54, 1.807) is 7.11 Å². The highest BCUT2D eigenvalue weighted by Crippen LogP contribution is 2.47. The van der Waals surface area contributed by atoms with Crippen LogP contribution < -0.4 is 4.74 Å². The summed E-state index contributed by atoms with van der Waals surface area (Å²) in [5.41, 5.74) is 13.6. The first-order chi connectivity index (χ1) is 27.7. The zero-order valence-electron chi connectivity index (χ0n) is 31.0. The van der Waals surface area contributed by atoms with Gasteiger partial charge in [-0.2, -0.15) is 0 Å². The Labute approximate surface area is 327 Å². The van der Waals surface area contributed by atoms with Crippen molar-refractivity contribution in [3.05, 3.63) is 206 Å². The van der Waals surface area contributed by atoms with Crippen molar-refractivity contribution in [1.29, 1.82) is 0 Å². The molecule has 0 aliphatic carbocycles. The van der Waals surface area contributed by atoms with Crippen molar-refractivity contribution in [3.63, 3.8) is 0 Å². The van der Waals surface area contributed by atoms with Crippen LogP contribution in [0.5, 0.6) is 5.75 Å². The summed E-state index contributed by atoms with van der Waals surface area (Å²) in [5.74, 6) is 0.831. The molecule has 2 heteroatoms. The molecule has 264 valence electrons. The highest BCUT2D eigenvalue weighted by molar-refractivity contribution is 6.24. The highest BCUT2D eigenvalue weighted by atomic mass is 16.5. The van der Waals surface area contributed by atoms with Gasteiger partial charge in [-0.25, -0.2) is 4.98 Å². The molecule has 0 aliphatic heterocycles. The van der Waals surface area contributed by atoms with Gasteiger partial charge in [0.25, 0.3) is 0 Å². The largest absolute Gasteiger partial charge is 0.497 e. The number of hydrogen-bond acceptors (Lipinski definition) is 2. The first-order valence-electron chi connectivity index (χ1n) is 19.1. The number of rotatable bonds is 7. The molecule has 0 saturated carbocycles. The van der Waals surface area contributed by atoms with Gasteiger partial charge in [0, 0.05) is 16.7 Å². The van der Waals surface area contributed by atoms with Crippen molar-refractivity contribution in [3.8, 4) is 72.8 Å². The van der Waals surface area contributed by atoms with Gasteiger partial charge in [0.2, 0.25) is 0 Å². The minimum absolute atomic E-state index is 0.831. The number of pyridine rings is 1. The van der Waals surface area contributed by atoms with Crippen LogP contribution in [0.2, 0.25) is 0 Å². The number of benzene rings is 9. The van der Waals surface area contributed by atoms with Crippen LogP contribution in [0.1, 0.15) is 0 Å². The predicted octanol–water partition coefficient (Wildman–Crippen LogP) is 14.6. The molecule has 0 radical (unpaired) electrons. The van der Waals surface area contributed by atoms with Gasteiger partial charge in [0.1, 0.15) is 5.75 Å². The quantitative estimate of drug-likeness (QED) is 0.153. The lowest BCUT2D eigenvalue weighted by atomic mass is 9.83. The van der Waals surface area contributed by atoms with Crippen LogP contribution in [0.15, 0.2) is 206 Å². The normalized spacial score (nSPS) is 11.3. The maximum absolute atomic E-state index is 5.87. The van der Waals surface area contributed by atoms with Crippen LogP contribution in [0.4, 0.5) is 0 Å². The molecule has 56 heavy (non-hydrogen) atoms. The van der Waals surface area contributed by atoms with E-state index >= 15 is 0 Å². The van der Waals surface area contributed by atoms with Gasteiger partial charge in [0.15, 0.2) is 0 Å². The molecule has 0 atom stereocenters. The van der Waals surface area contributed by atoms with Crippen LogP contribution in [0.25, 0.3) is 99.3 Å². The number of nitrogens with zero attached hydrogens (tertiary/aromatic N) is 1. The Morgan fingerprint density at radius 1 is 0.321 bits per heavy atom. The molecule has 0 bridgehead atoms. The molecule has 2 nitrogen and oxygen atoms in total. The summed E-state index contributed by atoms with van der Waals surface area (Å²) in [5, 5.41) is 7.23. The van der Waals surface area contributed by atoms with Crippen LogP contribution in [-0.2, 0) is 0 Å². The Morgan fingerprint density at radius 3 is 1.46 bits per heavy atom. The second-order valence-corrected chi connectivity index (χ2v) is 14.2. The van der Waals surface area contributed by atoms with Crippen LogP contribution in [0.3, 0.4) is 0 Å². The van der Waals surface area contributed by atoms with E-state index < -0.39 is 0 Å². The molecular formula is C54H37NO. The van der Waals surface area contributed by atoms with Gasteiger partial charge >= 0.3 is 0 Å². The SMILES string of the molecule is COc1ccc2c(-c3ccc(-c4ccccc4)c4ccccc34)c3ccccc3c(-c3ccc(-c4ccc(-c5ccccc5)nc4-c4ccccc4)cc3)c2c1. The lowest BCUT2D eigenvalue weighted by Crippen LogP contribution is -1.94. The maximum atomic E-state index is 5.87. The average Bonchev–Trinajstić information content (AvgIpc) is 3.28. The van der Waals surface area contributed by atoms with E-state index in [0.29, 0.717) is 0 Å². The van der Waals surface area contributed by atoms with E-state index in [1.807, 2.05) is 6.07 Å². The van der Waals surface area contributed by atoms with E-state index in [4.69, 9.17) is 9.72 Å². The second kappa shape index (κ2) is 14.2.